The summed E-state index contributed by atoms with van der Waals surface area (Å²) in [6.07, 6.45) is 1.75. The van der Waals surface area contributed by atoms with Gasteiger partial charge in [0.15, 0.2) is 5.06 Å². The zero-order chi connectivity index (χ0) is 12.6. The second kappa shape index (κ2) is 4.22. The molecular formula is C12H17NO3S. The van der Waals surface area contributed by atoms with Gasteiger partial charge in [0.2, 0.25) is 0 Å². The van der Waals surface area contributed by atoms with Gasteiger partial charge in [-0.1, -0.05) is 11.3 Å². The number of fused-ring (bicyclic) bond motifs is 1. The third kappa shape index (κ3) is 2.54. The minimum absolute atomic E-state index is 0.349. The lowest BCUT2D eigenvalue weighted by atomic mass is 10.1. The Morgan fingerprint density at radius 3 is 2.82 bits per heavy atom. The van der Waals surface area contributed by atoms with Crippen LogP contribution < -0.4 is 10.5 Å². The molecule has 2 N–H and O–H groups in total. The summed E-state index contributed by atoms with van der Waals surface area (Å²) in [5.41, 5.74) is 6.78. The maximum atomic E-state index is 12.1. The van der Waals surface area contributed by atoms with Crippen LogP contribution in [-0.4, -0.2) is 18.2 Å². The van der Waals surface area contributed by atoms with E-state index >= 15 is 0 Å². The fraction of sp³-hybridized carbons (Fsp3) is 0.583. The Balaban J connectivity index is 2.32. The summed E-state index contributed by atoms with van der Waals surface area (Å²) in [5, 5.41) is 1.26. The number of carbonyl (C=O) groups is 1. The topological polar surface area (TPSA) is 61.5 Å². The van der Waals surface area contributed by atoms with Crippen molar-refractivity contribution in [1.29, 1.82) is 0 Å². The van der Waals surface area contributed by atoms with Crippen molar-refractivity contribution in [2.24, 2.45) is 0 Å². The zero-order valence-corrected chi connectivity index (χ0v) is 11.1. The van der Waals surface area contributed by atoms with E-state index in [1.807, 2.05) is 20.8 Å². The third-order valence-electron chi connectivity index (χ3n) is 2.40. The molecule has 94 valence electrons. The van der Waals surface area contributed by atoms with Crippen LogP contribution in [0.3, 0.4) is 0 Å². The molecule has 0 amide bonds. The van der Waals surface area contributed by atoms with Gasteiger partial charge in [-0.3, -0.25) is 0 Å². The number of esters is 1. The van der Waals surface area contributed by atoms with Crippen LogP contribution in [0.2, 0.25) is 0 Å². The predicted octanol–water partition coefficient (Wildman–Crippen LogP) is 2.61. The van der Waals surface area contributed by atoms with Crippen molar-refractivity contribution in [2.75, 3.05) is 12.3 Å². The highest BCUT2D eigenvalue weighted by molar-refractivity contribution is 7.18. The van der Waals surface area contributed by atoms with Crippen molar-refractivity contribution >= 4 is 22.3 Å². The van der Waals surface area contributed by atoms with E-state index in [4.69, 9.17) is 15.2 Å². The number of rotatable bonds is 1. The summed E-state index contributed by atoms with van der Waals surface area (Å²) in [4.78, 5) is 12.1. The normalized spacial score (nSPS) is 15.0. The predicted molar refractivity (Wildman–Crippen MR) is 67.7 cm³/mol. The van der Waals surface area contributed by atoms with Gasteiger partial charge in [-0.15, -0.1) is 0 Å². The highest BCUT2D eigenvalue weighted by Gasteiger charge is 2.28. The molecule has 1 aromatic heterocycles. The van der Waals surface area contributed by atoms with E-state index < -0.39 is 5.60 Å². The van der Waals surface area contributed by atoms with E-state index in [2.05, 4.69) is 0 Å². The summed E-state index contributed by atoms with van der Waals surface area (Å²) in [6.45, 7) is 6.23. The van der Waals surface area contributed by atoms with Crippen molar-refractivity contribution in [3.63, 3.8) is 0 Å². The first kappa shape index (κ1) is 12.2. The van der Waals surface area contributed by atoms with Gasteiger partial charge in [0.25, 0.3) is 0 Å². The maximum absolute atomic E-state index is 12.1. The van der Waals surface area contributed by atoms with E-state index in [0.717, 1.165) is 23.5 Å². The molecule has 0 saturated carbocycles. The number of carbonyl (C=O) groups excluding carboxylic acids is 1. The van der Waals surface area contributed by atoms with Crippen molar-refractivity contribution in [3.8, 4) is 5.06 Å². The summed E-state index contributed by atoms with van der Waals surface area (Å²) in [7, 11) is 0. The molecule has 0 aliphatic carbocycles. The van der Waals surface area contributed by atoms with E-state index in [0.29, 0.717) is 17.2 Å². The molecule has 2 rings (SSSR count). The minimum atomic E-state index is -0.506. The molecule has 0 unspecified atom stereocenters. The molecule has 1 aliphatic rings. The van der Waals surface area contributed by atoms with Gasteiger partial charge in [0, 0.05) is 5.56 Å². The molecule has 1 aromatic rings. The fourth-order valence-electron chi connectivity index (χ4n) is 1.77. The Labute approximate surface area is 105 Å². The lowest BCUT2D eigenvalue weighted by Crippen LogP contribution is -2.25. The van der Waals surface area contributed by atoms with Gasteiger partial charge in [0.05, 0.1) is 6.61 Å². The quantitative estimate of drug-likeness (QED) is 0.784. The number of hydrogen-bond donors (Lipinski definition) is 1. The highest BCUT2D eigenvalue weighted by Crippen LogP contribution is 2.41. The average Bonchev–Trinajstić information content (AvgIpc) is 2.50. The molecule has 0 spiro atoms. The first-order chi connectivity index (χ1) is 7.88. The molecule has 0 bridgehead atoms. The molecule has 0 saturated heterocycles. The first-order valence-electron chi connectivity index (χ1n) is 5.66. The molecule has 17 heavy (non-hydrogen) atoms. The van der Waals surface area contributed by atoms with E-state index in [1.54, 1.807) is 0 Å². The second-order valence-corrected chi connectivity index (χ2v) is 6.08. The minimum Gasteiger partial charge on any atom is -0.484 e. The van der Waals surface area contributed by atoms with Crippen molar-refractivity contribution in [3.05, 3.63) is 11.1 Å². The van der Waals surface area contributed by atoms with Gasteiger partial charge in [-0.2, -0.15) is 0 Å². The van der Waals surface area contributed by atoms with Crippen LogP contribution in [0.4, 0.5) is 5.00 Å². The van der Waals surface area contributed by atoms with Crippen LogP contribution in [-0.2, 0) is 11.2 Å². The van der Waals surface area contributed by atoms with Crippen molar-refractivity contribution in [2.45, 2.75) is 39.2 Å². The molecule has 0 aromatic carbocycles. The Kier molecular flexibility index (Phi) is 3.03. The molecule has 0 atom stereocenters. The van der Waals surface area contributed by atoms with E-state index in [9.17, 15) is 4.79 Å². The van der Waals surface area contributed by atoms with E-state index in [1.165, 1.54) is 11.3 Å². The third-order valence-corrected chi connectivity index (χ3v) is 3.38. The molecule has 0 radical (unpaired) electrons. The lowest BCUT2D eigenvalue weighted by Gasteiger charge is -2.20. The molecule has 2 heterocycles. The summed E-state index contributed by atoms with van der Waals surface area (Å²) in [6, 6.07) is 0. The number of ether oxygens (including phenoxy) is 2. The van der Waals surface area contributed by atoms with Crippen LogP contribution in [0.15, 0.2) is 0 Å². The lowest BCUT2D eigenvalue weighted by molar-refractivity contribution is 0.00694. The zero-order valence-electron chi connectivity index (χ0n) is 10.3. The van der Waals surface area contributed by atoms with Gasteiger partial charge < -0.3 is 15.2 Å². The molecule has 0 fully saturated rings. The SMILES string of the molecule is CC(C)(C)OC(=O)c1c(N)sc2c1CCCO2. The standard InChI is InChI=1S/C12H17NO3S/c1-12(2,3)16-10(14)8-7-5-4-6-15-11(7)17-9(8)13/h4-6,13H2,1-3H3. The van der Waals surface area contributed by atoms with Gasteiger partial charge >= 0.3 is 5.97 Å². The Morgan fingerprint density at radius 2 is 2.18 bits per heavy atom. The summed E-state index contributed by atoms with van der Waals surface area (Å²) < 4.78 is 10.9. The number of thiophene rings is 1. The number of nitrogens with two attached hydrogens (primary N) is 1. The monoisotopic (exact) mass is 255 g/mol. The van der Waals surface area contributed by atoms with Crippen molar-refractivity contribution < 1.29 is 14.3 Å². The molecular weight excluding hydrogens is 238 g/mol. The van der Waals surface area contributed by atoms with Gasteiger partial charge in [-0.25, -0.2) is 4.79 Å². The maximum Gasteiger partial charge on any atom is 0.342 e. The number of anilines is 1. The number of hydrogen-bond acceptors (Lipinski definition) is 5. The molecule has 4 nitrogen and oxygen atoms in total. The Hall–Kier alpha value is -1.23. The van der Waals surface area contributed by atoms with Crippen LogP contribution in [0.25, 0.3) is 0 Å². The van der Waals surface area contributed by atoms with Crippen LogP contribution in [0.1, 0.15) is 43.1 Å². The molecule has 1 aliphatic heterocycles. The van der Waals surface area contributed by atoms with Crippen LogP contribution in [0.5, 0.6) is 5.06 Å². The molecule has 5 heteroatoms. The second-order valence-electron chi connectivity index (χ2n) is 5.06. The number of nitrogen functional groups attached to an aromatic ring is 1. The van der Waals surface area contributed by atoms with Gasteiger partial charge in [-0.05, 0) is 33.6 Å². The fourth-order valence-corrected chi connectivity index (χ4v) is 2.75. The van der Waals surface area contributed by atoms with Crippen molar-refractivity contribution in [1.82, 2.24) is 0 Å². The smallest absolute Gasteiger partial charge is 0.342 e. The van der Waals surface area contributed by atoms with E-state index in [-0.39, 0.29) is 5.97 Å². The average molecular weight is 255 g/mol. The summed E-state index contributed by atoms with van der Waals surface area (Å²) in [5.74, 6) is -0.349. The van der Waals surface area contributed by atoms with Gasteiger partial charge in [0.1, 0.15) is 16.2 Å². The van der Waals surface area contributed by atoms with Crippen LogP contribution >= 0.6 is 11.3 Å². The summed E-state index contributed by atoms with van der Waals surface area (Å²) >= 11 is 1.33. The first-order valence-corrected chi connectivity index (χ1v) is 6.47. The Morgan fingerprint density at radius 1 is 1.47 bits per heavy atom. The Bertz CT molecular complexity index is 445. The largest absolute Gasteiger partial charge is 0.484 e. The van der Waals surface area contributed by atoms with Crippen LogP contribution in [0, 0.1) is 0 Å². The highest BCUT2D eigenvalue weighted by atomic mass is 32.1.